The lowest BCUT2D eigenvalue weighted by Crippen LogP contribution is -2.59. The van der Waals surface area contributed by atoms with Crippen LogP contribution in [0.2, 0.25) is 0 Å². The van der Waals surface area contributed by atoms with E-state index in [1.54, 1.807) is 13.8 Å². The van der Waals surface area contributed by atoms with Crippen LogP contribution in [0.4, 0.5) is 0 Å². The highest BCUT2D eigenvalue weighted by atomic mass is 16.4. The van der Waals surface area contributed by atoms with E-state index >= 15 is 0 Å². The van der Waals surface area contributed by atoms with Crippen molar-refractivity contribution in [1.29, 1.82) is 0 Å². The number of rotatable bonds is 15. The second-order valence-electron chi connectivity index (χ2n) is 7.15. The molecule has 14 nitrogen and oxygen atoms in total. The Labute approximate surface area is 183 Å². The quantitative estimate of drug-likeness (QED) is 0.124. The Kier molecular flexibility index (Phi) is 12.5. The van der Waals surface area contributed by atoms with Crippen molar-refractivity contribution in [2.75, 3.05) is 6.61 Å². The minimum atomic E-state index is -1.73. The van der Waals surface area contributed by atoms with Gasteiger partial charge in [-0.3, -0.25) is 24.0 Å². The first kappa shape index (κ1) is 28.7. The zero-order valence-corrected chi connectivity index (χ0v) is 17.7. The van der Waals surface area contributed by atoms with E-state index in [1.165, 1.54) is 0 Å². The van der Waals surface area contributed by atoms with Gasteiger partial charge in [-0.2, -0.15) is 0 Å². The molecule has 0 spiro atoms. The number of hydrogen-bond acceptors (Lipinski definition) is 8. The Balaban J connectivity index is 5.30. The van der Waals surface area contributed by atoms with E-state index in [2.05, 4.69) is 16.0 Å². The first-order valence-electron chi connectivity index (χ1n) is 9.77. The summed E-state index contributed by atoms with van der Waals surface area (Å²) in [5, 5.41) is 42.5. The molecule has 32 heavy (non-hydrogen) atoms. The minimum absolute atomic E-state index is 0.209. The van der Waals surface area contributed by atoms with Crippen LogP contribution in [0.3, 0.4) is 0 Å². The van der Waals surface area contributed by atoms with Gasteiger partial charge in [0, 0.05) is 6.42 Å². The third-order valence-corrected chi connectivity index (χ3v) is 4.61. The summed E-state index contributed by atoms with van der Waals surface area (Å²) in [5.41, 5.74) is 5.55. The van der Waals surface area contributed by atoms with Crippen LogP contribution < -0.4 is 21.7 Å². The van der Waals surface area contributed by atoms with Crippen LogP contribution in [0.5, 0.6) is 0 Å². The van der Waals surface area contributed by atoms with Gasteiger partial charge in [0.15, 0.2) is 0 Å². The zero-order chi connectivity index (χ0) is 25.0. The molecule has 0 saturated heterocycles. The zero-order valence-electron chi connectivity index (χ0n) is 17.7. The highest BCUT2D eigenvalue weighted by Crippen LogP contribution is 2.09. The van der Waals surface area contributed by atoms with Crippen molar-refractivity contribution >= 4 is 35.6 Å². The van der Waals surface area contributed by atoms with Gasteiger partial charge in [-0.15, -0.1) is 0 Å². The molecule has 5 atom stereocenters. The van der Waals surface area contributed by atoms with E-state index in [0.717, 1.165) is 0 Å². The van der Waals surface area contributed by atoms with E-state index in [0.29, 0.717) is 6.42 Å². The molecule has 0 rings (SSSR count). The highest BCUT2D eigenvalue weighted by Gasteiger charge is 2.33. The number of amides is 3. The molecule has 5 unspecified atom stereocenters. The first-order chi connectivity index (χ1) is 14.8. The Hall–Kier alpha value is -3.26. The predicted molar refractivity (Wildman–Crippen MR) is 107 cm³/mol. The number of carbonyl (C=O) groups excluding carboxylic acids is 3. The maximum absolute atomic E-state index is 12.6. The molecule has 0 aromatic heterocycles. The second kappa shape index (κ2) is 13.9. The summed E-state index contributed by atoms with van der Waals surface area (Å²) in [6.07, 6.45) is -1.11. The van der Waals surface area contributed by atoms with Gasteiger partial charge in [-0.1, -0.05) is 20.3 Å². The fraction of sp³-hybridized carbons (Fsp3) is 0.667. The van der Waals surface area contributed by atoms with Crippen molar-refractivity contribution in [1.82, 2.24) is 16.0 Å². The van der Waals surface area contributed by atoms with Crippen LogP contribution >= 0.6 is 0 Å². The van der Waals surface area contributed by atoms with Crippen molar-refractivity contribution in [2.45, 2.75) is 63.7 Å². The third kappa shape index (κ3) is 10.2. The molecule has 182 valence electrons. The van der Waals surface area contributed by atoms with Gasteiger partial charge in [-0.05, 0) is 12.3 Å². The van der Waals surface area contributed by atoms with E-state index in [9.17, 15) is 33.9 Å². The van der Waals surface area contributed by atoms with Gasteiger partial charge in [0.1, 0.15) is 18.1 Å². The summed E-state index contributed by atoms with van der Waals surface area (Å²) >= 11 is 0. The van der Waals surface area contributed by atoms with Crippen molar-refractivity contribution in [2.24, 2.45) is 11.7 Å². The summed E-state index contributed by atoms with van der Waals surface area (Å²) in [6.45, 7) is 2.40. The molecule has 0 aliphatic heterocycles. The summed E-state index contributed by atoms with van der Waals surface area (Å²) in [5.74, 6) is -7.55. The van der Waals surface area contributed by atoms with Gasteiger partial charge in [0.05, 0.1) is 19.1 Å². The van der Waals surface area contributed by atoms with Crippen LogP contribution in [0.15, 0.2) is 0 Å². The number of hydrogen-bond donors (Lipinski definition) is 8. The molecular weight excluding hydrogens is 432 g/mol. The molecule has 0 bridgehead atoms. The monoisotopic (exact) mass is 462 g/mol. The van der Waals surface area contributed by atoms with Crippen molar-refractivity contribution in [3.8, 4) is 0 Å². The minimum Gasteiger partial charge on any atom is -0.481 e. The maximum Gasteiger partial charge on any atom is 0.326 e. The van der Waals surface area contributed by atoms with Crippen molar-refractivity contribution < 1.29 is 49.2 Å². The molecule has 0 saturated carbocycles. The van der Waals surface area contributed by atoms with Crippen molar-refractivity contribution in [3.63, 3.8) is 0 Å². The average molecular weight is 462 g/mol. The summed E-state index contributed by atoms with van der Waals surface area (Å²) in [7, 11) is 0. The lowest BCUT2D eigenvalue weighted by atomic mass is 9.97. The Morgan fingerprint density at radius 2 is 1.41 bits per heavy atom. The van der Waals surface area contributed by atoms with Gasteiger partial charge in [-0.25, -0.2) is 4.79 Å². The van der Waals surface area contributed by atoms with Crippen molar-refractivity contribution in [3.05, 3.63) is 0 Å². The molecule has 0 aliphatic rings. The van der Waals surface area contributed by atoms with E-state index in [-0.39, 0.29) is 12.8 Å². The number of carbonyl (C=O) groups is 6. The highest BCUT2D eigenvalue weighted by molar-refractivity contribution is 5.94. The molecule has 0 aliphatic carbocycles. The number of carboxylic acid groups (broad SMARTS) is 3. The number of nitrogens with two attached hydrogens (primary N) is 1. The lowest BCUT2D eigenvalue weighted by molar-refractivity contribution is -0.147. The van der Waals surface area contributed by atoms with Gasteiger partial charge in [0.2, 0.25) is 17.7 Å². The first-order valence-corrected chi connectivity index (χ1v) is 9.77. The Morgan fingerprint density at radius 1 is 0.844 bits per heavy atom. The largest absolute Gasteiger partial charge is 0.481 e. The molecule has 0 aromatic carbocycles. The molecule has 3 amide bonds. The number of aliphatic carboxylic acids is 3. The number of aliphatic hydroxyl groups excluding tert-OH is 1. The van der Waals surface area contributed by atoms with E-state index in [1.807, 2.05) is 0 Å². The van der Waals surface area contributed by atoms with Gasteiger partial charge in [0.25, 0.3) is 0 Å². The topological polar surface area (TPSA) is 245 Å². The summed E-state index contributed by atoms with van der Waals surface area (Å²) < 4.78 is 0. The molecule has 0 heterocycles. The molecule has 0 radical (unpaired) electrons. The number of aliphatic hydroxyl groups is 1. The second-order valence-corrected chi connectivity index (χ2v) is 7.15. The normalized spacial score (nSPS) is 15.4. The summed E-state index contributed by atoms with van der Waals surface area (Å²) in [4.78, 5) is 69.7. The van der Waals surface area contributed by atoms with Crippen LogP contribution in [-0.2, 0) is 28.8 Å². The van der Waals surface area contributed by atoms with E-state index in [4.69, 9.17) is 21.1 Å². The molecular formula is C18H30N4O10. The predicted octanol–water partition coefficient (Wildman–Crippen LogP) is -2.77. The fourth-order valence-corrected chi connectivity index (χ4v) is 2.47. The number of carboxylic acids is 3. The average Bonchev–Trinajstić information content (AvgIpc) is 2.71. The standard InChI is InChI=1S/C18H30N4O10/c1-3-8(2)14(17(30)20-10(18(31)32)6-13(26)27)22-16(29)11(7-23)21-15(28)9(19)4-5-12(24)25/h8-11,14,23H,3-7,19H2,1-2H3,(H,20,30)(H,21,28)(H,22,29)(H,24,25)(H,26,27)(H,31,32). The van der Waals surface area contributed by atoms with Gasteiger partial charge < -0.3 is 42.1 Å². The molecule has 0 aromatic rings. The van der Waals surface area contributed by atoms with E-state index < -0.39 is 78.7 Å². The fourth-order valence-electron chi connectivity index (χ4n) is 2.47. The smallest absolute Gasteiger partial charge is 0.326 e. The summed E-state index contributed by atoms with van der Waals surface area (Å²) in [6, 6.07) is -5.81. The Morgan fingerprint density at radius 3 is 1.84 bits per heavy atom. The molecule has 14 heteroatoms. The van der Waals surface area contributed by atoms with Crippen LogP contribution in [0, 0.1) is 5.92 Å². The maximum atomic E-state index is 12.6. The van der Waals surface area contributed by atoms with Crippen LogP contribution in [0.1, 0.15) is 39.5 Å². The molecule has 9 N–H and O–H groups in total. The lowest BCUT2D eigenvalue weighted by Gasteiger charge is -2.27. The Bertz CT molecular complexity index is 714. The van der Waals surface area contributed by atoms with Crippen LogP contribution in [0.25, 0.3) is 0 Å². The SMILES string of the molecule is CCC(C)C(NC(=O)C(CO)NC(=O)C(N)CCC(=O)O)C(=O)NC(CC(=O)O)C(=O)O. The third-order valence-electron chi connectivity index (χ3n) is 4.61. The van der Waals surface area contributed by atoms with Crippen LogP contribution in [-0.4, -0.2) is 86.8 Å². The number of nitrogens with one attached hydrogen (secondary N) is 3. The van der Waals surface area contributed by atoms with Gasteiger partial charge >= 0.3 is 17.9 Å². The molecule has 0 fully saturated rings.